The Morgan fingerprint density at radius 1 is 1.19 bits per heavy atom. The van der Waals surface area contributed by atoms with Crippen LogP contribution in [0.3, 0.4) is 0 Å². The van der Waals surface area contributed by atoms with Crippen molar-refractivity contribution in [1.29, 1.82) is 0 Å². The summed E-state index contributed by atoms with van der Waals surface area (Å²) < 4.78 is 2.23. The van der Waals surface area contributed by atoms with Crippen LogP contribution in [0, 0.1) is 0 Å². The highest BCUT2D eigenvalue weighted by Gasteiger charge is 2.23. The molecule has 21 heavy (non-hydrogen) atoms. The van der Waals surface area contributed by atoms with Crippen LogP contribution in [-0.4, -0.2) is 15.5 Å². The van der Waals surface area contributed by atoms with Crippen LogP contribution in [0.4, 0.5) is 0 Å². The van der Waals surface area contributed by atoms with E-state index in [4.69, 9.17) is 5.73 Å². The minimum absolute atomic E-state index is 0.152. The van der Waals surface area contributed by atoms with Gasteiger partial charge in [-0.15, -0.1) is 0 Å². The van der Waals surface area contributed by atoms with E-state index < -0.39 is 0 Å². The van der Waals surface area contributed by atoms with E-state index >= 15 is 0 Å². The Morgan fingerprint density at radius 3 is 2.48 bits per heavy atom. The number of rotatable bonds is 4. The van der Waals surface area contributed by atoms with Crippen molar-refractivity contribution in [2.45, 2.75) is 58.8 Å². The first-order valence-corrected chi connectivity index (χ1v) is 8.11. The molecule has 0 fully saturated rings. The van der Waals surface area contributed by atoms with Crippen LogP contribution in [0.15, 0.2) is 18.3 Å². The molecule has 2 N–H and O–H groups in total. The molecule has 1 aliphatic heterocycles. The molecular weight excluding hydrogens is 258 g/mol. The summed E-state index contributed by atoms with van der Waals surface area (Å²) in [4.78, 5) is 2.52. The molecule has 3 heteroatoms. The molecule has 3 rings (SSSR count). The number of aromatic nitrogens is 1. The van der Waals surface area contributed by atoms with Gasteiger partial charge in [-0.3, -0.25) is 4.90 Å². The van der Waals surface area contributed by atoms with Gasteiger partial charge in [0.25, 0.3) is 0 Å². The summed E-state index contributed by atoms with van der Waals surface area (Å²) in [5.74, 6) is 0. The predicted octanol–water partition coefficient (Wildman–Crippen LogP) is 3.70. The van der Waals surface area contributed by atoms with Gasteiger partial charge >= 0.3 is 0 Å². The lowest BCUT2D eigenvalue weighted by molar-refractivity contribution is 0.227. The number of hydrogen-bond donors (Lipinski definition) is 1. The largest absolute Gasteiger partial charge is 0.350 e. The number of hydrogen-bond acceptors (Lipinski definition) is 2. The minimum atomic E-state index is 0.152. The van der Waals surface area contributed by atoms with Crippen LogP contribution in [0.5, 0.6) is 0 Å². The predicted molar refractivity (Wildman–Crippen MR) is 89.1 cm³/mol. The molecule has 2 heterocycles. The Balaban J connectivity index is 2.05. The fraction of sp³-hybridized carbons (Fsp3) is 0.556. The molecule has 1 aromatic heterocycles. The van der Waals surface area contributed by atoms with Crippen molar-refractivity contribution in [3.63, 3.8) is 0 Å². The van der Waals surface area contributed by atoms with Crippen molar-refractivity contribution in [2.24, 2.45) is 12.8 Å². The Labute approximate surface area is 127 Å². The summed E-state index contributed by atoms with van der Waals surface area (Å²) in [6, 6.07) is 5.51. The van der Waals surface area contributed by atoms with Crippen molar-refractivity contribution in [3.8, 4) is 0 Å². The zero-order valence-corrected chi connectivity index (χ0v) is 13.7. The van der Waals surface area contributed by atoms with E-state index in [2.05, 4.69) is 55.6 Å². The first-order chi connectivity index (χ1) is 10.0. The van der Waals surface area contributed by atoms with Crippen LogP contribution in [-0.2, 0) is 20.1 Å². The Hall–Kier alpha value is -1.32. The molecule has 0 saturated carbocycles. The van der Waals surface area contributed by atoms with E-state index in [9.17, 15) is 0 Å². The molecule has 2 aromatic rings. The summed E-state index contributed by atoms with van der Waals surface area (Å²) in [6.07, 6.45) is 4.40. The second-order valence-corrected chi connectivity index (χ2v) is 6.73. The maximum atomic E-state index is 6.38. The van der Waals surface area contributed by atoms with E-state index in [1.54, 1.807) is 0 Å². The molecule has 1 aromatic carbocycles. The molecule has 114 valence electrons. The van der Waals surface area contributed by atoms with Gasteiger partial charge in [-0.25, -0.2) is 0 Å². The lowest BCUT2D eigenvalue weighted by atomic mass is 10.00. The monoisotopic (exact) mass is 285 g/mol. The molecule has 0 amide bonds. The maximum absolute atomic E-state index is 6.38. The molecule has 1 aliphatic rings. The maximum Gasteiger partial charge on any atom is 0.0484 e. The average molecular weight is 285 g/mol. The molecule has 0 spiro atoms. The van der Waals surface area contributed by atoms with Crippen molar-refractivity contribution in [2.75, 3.05) is 0 Å². The summed E-state index contributed by atoms with van der Waals surface area (Å²) in [6.45, 7) is 8.89. The second kappa shape index (κ2) is 5.47. The summed E-state index contributed by atoms with van der Waals surface area (Å²) >= 11 is 0. The highest BCUT2D eigenvalue weighted by Crippen LogP contribution is 2.33. The number of aryl methyl sites for hydroxylation is 1. The average Bonchev–Trinajstić information content (AvgIpc) is 2.98. The fourth-order valence-corrected chi connectivity index (χ4v) is 3.46. The third-order valence-electron chi connectivity index (χ3n) is 4.82. The van der Waals surface area contributed by atoms with Gasteiger partial charge in [0.1, 0.15) is 0 Å². The zero-order chi connectivity index (χ0) is 15.1. The molecular formula is C18H27N3. The SMILES string of the molecule is CCCC(N)c1cn(C)c2cc3c(cc12)CN(C(C)C)C3. The second-order valence-electron chi connectivity index (χ2n) is 6.73. The smallest absolute Gasteiger partial charge is 0.0484 e. The van der Waals surface area contributed by atoms with E-state index in [-0.39, 0.29) is 6.04 Å². The highest BCUT2D eigenvalue weighted by atomic mass is 15.2. The third-order valence-corrected chi connectivity index (χ3v) is 4.82. The van der Waals surface area contributed by atoms with Crippen LogP contribution in [0.2, 0.25) is 0 Å². The molecule has 0 bridgehead atoms. The van der Waals surface area contributed by atoms with Crippen LogP contribution in [0.25, 0.3) is 10.9 Å². The number of nitrogens with zero attached hydrogens (tertiary/aromatic N) is 2. The molecule has 1 atom stereocenters. The van der Waals surface area contributed by atoms with Gasteiger partial charge in [0.05, 0.1) is 0 Å². The number of nitrogens with two attached hydrogens (primary N) is 1. The van der Waals surface area contributed by atoms with Gasteiger partial charge in [-0.2, -0.15) is 0 Å². The van der Waals surface area contributed by atoms with E-state index in [0.717, 1.165) is 25.9 Å². The van der Waals surface area contributed by atoms with Gasteiger partial charge in [0.15, 0.2) is 0 Å². The van der Waals surface area contributed by atoms with E-state index in [1.165, 1.54) is 27.6 Å². The third kappa shape index (κ3) is 2.49. The van der Waals surface area contributed by atoms with Crippen molar-refractivity contribution in [1.82, 2.24) is 9.47 Å². The lowest BCUT2D eigenvalue weighted by Gasteiger charge is -2.18. The van der Waals surface area contributed by atoms with Gasteiger partial charge in [0, 0.05) is 49.3 Å². The van der Waals surface area contributed by atoms with E-state index in [1.807, 2.05) is 0 Å². The molecule has 3 nitrogen and oxygen atoms in total. The first kappa shape index (κ1) is 14.6. The standard InChI is InChI=1S/C18H27N3/c1-5-6-17(19)16-11-20(4)18-8-14-10-21(12(2)3)9-13(14)7-15(16)18/h7-8,11-12,17H,5-6,9-10,19H2,1-4H3. The molecule has 0 saturated heterocycles. The quantitative estimate of drug-likeness (QED) is 0.929. The lowest BCUT2D eigenvalue weighted by Crippen LogP contribution is -2.24. The highest BCUT2D eigenvalue weighted by molar-refractivity contribution is 5.86. The topological polar surface area (TPSA) is 34.2 Å². The Morgan fingerprint density at radius 2 is 1.86 bits per heavy atom. The summed E-state index contributed by atoms with van der Waals surface area (Å²) in [5, 5.41) is 1.35. The molecule has 1 unspecified atom stereocenters. The van der Waals surface area contributed by atoms with Gasteiger partial charge in [-0.05, 0) is 49.1 Å². The van der Waals surface area contributed by atoms with Gasteiger partial charge < -0.3 is 10.3 Å². The van der Waals surface area contributed by atoms with E-state index in [0.29, 0.717) is 6.04 Å². The van der Waals surface area contributed by atoms with Crippen LogP contribution in [0.1, 0.15) is 56.3 Å². The van der Waals surface area contributed by atoms with Crippen molar-refractivity contribution >= 4 is 10.9 Å². The first-order valence-electron chi connectivity index (χ1n) is 8.11. The normalized spacial score (nSPS) is 16.9. The Bertz CT molecular complexity index is 654. The van der Waals surface area contributed by atoms with Crippen LogP contribution < -0.4 is 5.73 Å². The minimum Gasteiger partial charge on any atom is -0.350 e. The molecule has 0 radical (unpaired) electrons. The summed E-state index contributed by atoms with van der Waals surface area (Å²) in [5.41, 5.74) is 12.0. The van der Waals surface area contributed by atoms with Crippen LogP contribution >= 0.6 is 0 Å². The Kier molecular flexibility index (Phi) is 3.80. The summed E-state index contributed by atoms with van der Waals surface area (Å²) in [7, 11) is 2.13. The fourth-order valence-electron chi connectivity index (χ4n) is 3.46. The zero-order valence-electron chi connectivity index (χ0n) is 13.7. The number of fused-ring (bicyclic) bond motifs is 2. The molecule has 0 aliphatic carbocycles. The van der Waals surface area contributed by atoms with Gasteiger partial charge in [-0.1, -0.05) is 13.3 Å². The number of benzene rings is 1. The van der Waals surface area contributed by atoms with Gasteiger partial charge in [0.2, 0.25) is 0 Å². The van der Waals surface area contributed by atoms with Crippen molar-refractivity contribution < 1.29 is 0 Å². The van der Waals surface area contributed by atoms with Crippen molar-refractivity contribution in [3.05, 3.63) is 35.0 Å².